The highest BCUT2D eigenvalue weighted by atomic mass is 15.1. The molecule has 0 saturated heterocycles. The number of nitrogens with one attached hydrogen (secondary N) is 1. The van der Waals surface area contributed by atoms with E-state index in [1.54, 1.807) is 6.08 Å². The Bertz CT molecular complexity index is 483. The molecule has 3 N–H and O–H groups in total. The Morgan fingerprint density at radius 1 is 1.42 bits per heavy atom. The summed E-state index contributed by atoms with van der Waals surface area (Å²) < 4.78 is 0. The molecule has 4 heteroatoms. The fourth-order valence-corrected chi connectivity index (χ4v) is 1.95. The first kappa shape index (κ1) is 13.2. The van der Waals surface area contributed by atoms with E-state index in [0.29, 0.717) is 19.0 Å². The van der Waals surface area contributed by atoms with E-state index in [0.717, 1.165) is 18.7 Å². The molecule has 0 spiro atoms. The molecule has 2 rings (SSSR count). The second-order valence-electron chi connectivity index (χ2n) is 4.42. The highest BCUT2D eigenvalue weighted by Gasteiger charge is 2.07. The predicted molar refractivity (Wildman–Crippen MR) is 81.3 cm³/mol. The molecule has 19 heavy (non-hydrogen) atoms. The summed E-state index contributed by atoms with van der Waals surface area (Å²) in [6.07, 6.45) is 6.12. The van der Waals surface area contributed by atoms with Gasteiger partial charge in [-0.3, -0.25) is 0 Å². The second-order valence-corrected chi connectivity index (χ2v) is 4.42. The average molecular weight is 256 g/mol. The number of guanidine groups is 1. The van der Waals surface area contributed by atoms with Gasteiger partial charge in [0.25, 0.3) is 0 Å². The molecule has 1 aliphatic rings. The van der Waals surface area contributed by atoms with Crippen molar-refractivity contribution in [2.24, 2.45) is 10.7 Å². The molecule has 1 aromatic carbocycles. The number of anilines is 1. The van der Waals surface area contributed by atoms with Crippen LogP contribution in [0.3, 0.4) is 0 Å². The van der Waals surface area contributed by atoms with Crippen molar-refractivity contribution in [3.63, 3.8) is 0 Å². The number of hydrogen-bond donors (Lipinski definition) is 2. The minimum absolute atomic E-state index is 0.452. The van der Waals surface area contributed by atoms with E-state index in [4.69, 9.17) is 5.73 Å². The van der Waals surface area contributed by atoms with E-state index < -0.39 is 0 Å². The van der Waals surface area contributed by atoms with Crippen molar-refractivity contribution in [1.82, 2.24) is 5.32 Å². The molecule has 100 valence electrons. The molecule has 0 aromatic heterocycles. The minimum atomic E-state index is 0.452. The summed E-state index contributed by atoms with van der Waals surface area (Å²) in [5.74, 6) is 0.452. The maximum atomic E-state index is 5.74. The van der Waals surface area contributed by atoms with E-state index in [1.165, 1.54) is 5.69 Å². The van der Waals surface area contributed by atoms with Crippen LogP contribution in [0, 0.1) is 0 Å². The first-order valence-corrected chi connectivity index (χ1v) is 6.43. The molecular formula is C15H20N4. The minimum Gasteiger partial charge on any atom is -0.370 e. The van der Waals surface area contributed by atoms with Gasteiger partial charge in [-0.05, 0) is 17.7 Å². The van der Waals surface area contributed by atoms with E-state index in [1.807, 2.05) is 0 Å². The number of benzene rings is 1. The Kier molecular flexibility index (Phi) is 4.61. The van der Waals surface area contributed by atoms with Crippen LogP contribution in [0.15, 0.2) is 54.1 Å². The lowest BCUT2D eigenvalue weighted by atomic mass is 10.2. The van der Waals surface area contributed by atoms with Crippen LogP contribution < -0.4 is 16.0 Å². The summed E-state index contributed by atoms with van der Waals surface area (Å²) in [5.41, 5.74) is 8.13. The molecule has 4 nitrogen and oxygen atoms in total. The zero-order chi connectivity index (χ0) is 13.5. The van der Waals surface area contributed by atoms with Crippen LogP contribution in [-0.4, -0.2) is 25.6 Å². The van der Waals surface area contributed by atoms with E-state index >= 15 is 0 Å². The van der Waals surface area contributed by atoms with Gasteiger partial charge in [0, 0.05) is 25.3 Å². The predicted octanol–water partition coefficient (Wildman–Crippen LogP) is 1.65. The van der Waals surface area contributed by atoms with Gasteiger partial charge in [-0.2, -0.15) is 0 Å². The number of hydrogen-bond acceptors (Lipinski definition) is 2. The third kappa shape index (κ3) is 3.88. The van der Waals surface area contributed by atoms with E-state index in [-0.39, 0.29) is 0 Å². The fourth-order valence-electron chi connectivity index (χ4n) is 1.95. The van der Waals surface area contributed by atoms with Gasteiger partial charge in [-0.1, -0.05) is 30.4 Å². The number of nitrogens with two attached hydrogens (primary N) is 1. The van der Waals surface area contributed by atoms with Crippen molar-refractivity contribution in [3.05, 3.63) is 54.6 Å². The van der Waals surface area contributed by atoms with Crippen LogP contribution in [0.25, 0.3) is 0 Å². The summed E-state index contributed by atoms with van der Waals surface area (Å²) in [5, 5.41) is 2.96. The van der Waals surface area contributed by atoms with Gasteiger partial charge in [0.15, 0.2) is 5.96 Å². The summed E-state index contributed by atoms with van der Waals surface area (Å²) in [4.78, 5) is 6.61. The van der Waals surface area contributed by atoms with Crippen LogP contribution in [-0.2, 0) is 6.54 Å². The maximum Gasteiger partial charge on any atom is 0.189 e. The summed E-state index contributed by atoms with van der Waals surface area (Å²) in [7, 11) is 0. The molecule has 0 fully saturated rings. The van der Waals surface area contributed by atoms with Gasteiger partial charge in [0.05, 0.1) is 6.54 Å². The molecule has 1 aromatic rings. The quantitative estimate of drug-likeness (QED) is 0.478. The van der Waals surface area contributed by atoms with Gasteiger partial charge < -0.3 is 16.0 Å². The molecule has 0 radical (unpaired) electrons. The molecule has 1 heterocycles. The van der Waals surface area contributed by atoms with Crippen LogP contribution in [0.2, 0.25) is 0 Å². The third-order valence-corrected chi connectivity index (χ3v) is 2.95. The second kappa shape index (κ2) is 6.64. The van der Waals surface area contributed by atoms with Crippen molar-refractivity contribution < 1.29 is 0 Å². The van der Waals surface area contributed by atoms with Gasteiger partial charge >= 0.3 is 0 Å². The van der Waals surface area contributed by atoms with Crippen molar-refractivity contribution in [3.8, 4) is 0 Å². The van der Waals surface area contributed by atoms with Gasteiger partial charge in [0.2, 0.25) is 0 Å². The highest BCUT2D eigenvalue weighted by Crippen LogP contribution is 2.18. The van der Waals surface area contributed by atoms with Crippen LogP contribution in [0.5, 0.6) is 0 Å². The lowest BCUT2D eigenvalue weighted by Crippen LogP contribution is -2.31. The largest absolute Gasteiger partial charge is 0.370 e. The van der Waals surface area contributed by atoms with Crippen molar-refractivity contribution >= 4 is 11.6 Å². The Morgan fingerprint density at radius 3 is 2.95 bits per heavy atom. The molecule has 0 saturated carbocycles. The Hall–Kier alpha value is -2.23. The van der Waals surface area contributed by atoms with Crippen LogP contribution >= 0.6 is 0 Å². The van der Waals surface area contributed by atoms with Crippen molar-refractivity contribution in [1.29, 1.82) is 0 Å². The van der Waals surface area contributed by atoms with Crippen molar-refractivity contribution in [2.45, 2.75) is 6.54 Å². The molecule has 0 atom stereocenters. The van der Waals surface area contributed by atoms with E-state index in [9.17, 15) is 0 Å². The Labute approximate surface area is 114 Å². The lowest BCUT2D eigenvalue weighted by Gasteiger charge is -2.18. The zero-order valence-corrected chi connectivity index (χ0v) is 11.0. The molecule has 0 amide bonds. The number of nitrogens with zero attached hydrogens (tertiary/aromatic N) is 2. The normalized spacial score (nSPS) is 14.7. The van der Waals surface area contributed by atoms with Gasteiger partial charge in [-0.25, -0.2) is 4.99 Å². The maximum absolute atomic E-state index is 5.74. The van der Waals surface area contributed by atoms with Gasteiger partial charge in [0.1, 0.15) is 0 Å². The van der Waals surface area contributed by atoms with E-state index in [2.05, 4.69) is 58.2 Å². The number of rotatable bonds is 5. The first-order chi connectivity index (χ1) is 9.29. The smallest absolute Gasteiger partial charge is 0.189 e. The highest BCUT2D eigenvalue weighted by molar-refractivity contribution is 5.77. The monoisotopic (exact) mass is 256 g/mol. The summed E-state index contributed by atoms with van der Waals surface area (Å²) in [6, 6.07) is 8.42. The molecule has 0 aliphatic carbocycles. The Balaban J connectivity index is 1.97. The molecule has 1 aliphatic heterocycles. The standard InChI is InChI=1S/C15H20N4/c1-2-8-17-15(16)18-12-13-6-5-7-14(11-13)19-9-3-4-10-19/h2-7,11H,1,8-10,12H2,(H3,16,17,18). The zero-order valence-electron chi connectivity index (χ0n) is 11.0. The molecular weight excluding hydrogens is 236 g/mol. The lowest BCUT2D eigenvalue weighted by molar-refractivity contribution is 0.963. The average Bonchev–Trinajstić information content (AvgIpc) is 2.97. The van der Waals surface area contributed by atoms with Crippen LogP contribution in [0.4, 0.5) is 5.69 Å². The molecule has 0 unspecified atom stereocenters. The fraction of sp³-hybridized carbons (Fsp3) is 0.267. The summed E-state index contributed by atoms with van der Waals surface area (Å²) in [6.45, 7) is 6.81. The molecule has 0 bridgehead atoms. The number of aliphatic imine (C=N–C) groups is 1. The Morgan fingerprint density at radius 2 is 2.21 bits per heavy atom. The van der Waals surface area contributed by atoms with Crippen molar-refractivity contribution in [2.75, 3.05) is 24.5 Å². The third-order valence-electron chi connectivity index (χ3n) is 2.95. The summed E-state index contributed by atoms with van der Waals surface area (Å²) >= 11 is 0. The van der Waals surface area contributed by atoms with Gasteiger partial charge in [-0.15, -0.1) is 6.58 Å². The van der Waals surface area contributed by atoms with Crippen LogP contribution in [0.1, 0.15) is 5.56 Å². The topological polar surface area (TPSA) is 53.6 Å². The first-order valence-electron chi connectivity index (χ1n) is 6.43. The SMILES string of the molecule is C=CCNC(N)=NCc1cccc(N2CC=CC2)c1.